The van der Waals surface area contributed by atoms with E-state index in [0.717, 1.165) is 49.0 Å². The minimum Gasteiger partial charge on any atom is -0.496 e. The van der Waals surface area contributed by atoms with Crippen molar-refractivity contribution in [2.75, 3.05) is 18.9 Å². The van der Waals surface area contributed by atoms with Gasteiger partial charge in [-0.25, -0.2) is 8.42 Å². The number of carbonyl (C=O) groups is 2. The summed E-state index contributed by atoms with van der Waals surface area (Å²) in [4.78, 5) is 35.2. The first-order valence-corrected chi connectivity index (χ1v) is 21.5. The number of hydrogen-bond acceptors (Lipinski definition) is 11. The molecule has 0 radical (unpaired) electrons. The average molecular weight is 853 g/mol. The summed E-state index contributed by atoms with van der Waals surface area (Å²) in [7, 11) is -1.05. The van der Waals surface area contributed by atoms with E-state index in [1.54, 1.807) is 61.0 Å². The predicted molar refractivity (Wildman–Crippen MR) is 233 cm³/mol. The largest absolute Gasteiger partial charge is 0.496 e. The molecule has 0 saturated heterocycles. The summed E-state index contributed by atoms with van der Waals surface area (Å²) >= 11 is 1.63. The number of thiophene rings is 1. The number of hydrogen-bond donors (Lipinski definition) is 3. The van der Waals surface area contributed by atoms with Gasteiger partial charge in [-0.1, -0.05) is 42.5 Å². The van der Waals surface area contributed by atoms with Gasteiger partial charge in [-0.05, 0) is 86.3 Å². The van der Waals surface area contributed by atoms with Gasteiger partial charge in [0.1, 0.15) is 28.7 Å². The zero-order chi connectivity index (χ0) is 43.2. The number of H-pyrrole nitrogens is 1. The zero-order valence-corrected chi connectivity index (χ0v) is 35.7. The number of esters is 1. The molecule has 0 bridgehead atoms. The van der Waals surface area contributed by atoms with Gasteiger partial charge in [0.15, 0.2) is 5.82 Å². The number of aliphatic imine (C=N–C) groups is 1. The third kappa shape index (κ3) is 7.53. The van der Waals surface area contributed by atoms with Gasteiger partial charge >= 0.3 is 5.97 Å². The molecule has 308 valence electrons. The van der Waals surface area contributed by atoms with Crippen molar-refractivity contribution in [2.24, 2.45) is 4.99 Å². The second-order valence-electron chi connectivity index (χ2n) is 14.6. The first kappa shape index (κ1) is 40.7. The molecular weight excluding hydrogens is 813 g/mol. The maximum absolute atomic E-state index is 13.3. The molecule has 61 heavy (non-hydrogen) atoms. The first-order chi connectivity index (χ1) is 29.3. The fraction of sp³-hybridized carbons (Fsp3) is 0.200. The Hall–Kier alpha value is -7.09. The van der Waals surface area contributed by atoms with Crippen LogP contribution in [0.5, 0.6) is 5.75 Å². The monoisotopic (exact) mass is 852 g/mol. The lowest BCUT2D eigenvalue weighted by Crippen LogP contribution is -2.23. The number of sulfonamides is 1. The molecule has 1 atom stereocenters. The number of aromatic nitrogens is 4. The Morgan fingerprint density at radius 3 is 2.39 bits per heavy atom. The highest BCUT2D eigenvalue weighted by Gasteiger charge is 2.33. The third-order valence-corrected chi connectivity index (χ3v) is 13.4. The van der Waals surface area contributed by atoms with E-state index in [9.17, 15) is 23.3 Å². The molecule has 4 aromatic carbocycles. The van der Waals surface area contributed by atoms with Crippen molar-refractivity contribution in [2.45, 2.75) is 51.6 Å². The molecule has 1 aliphatic rings. The molecule has 14 nitrogen and oxygen atoms in total. The van der Waals surface area contributed by atoms with E-state index in [0.29, 0.717) is 50.7 Å². The smallest absolute Gasteiger partial charge is 0.308 e. The lowest BCUT2D eigenvalue weighted by atomic mass is 9.96. The quantitative estimate of drug-likeness (QED) is 0.109. The van der Waals surface area contributed by atoms with Crippen molar-refractivity contribution in [1.82, 2.24) is 25.1 Å². The van der Waals surface area contributed by atoms with Crippen LogP contribution in [0.25, 0.3) is 27.0 Å². The summed E-state index contributed by atoms with van der Waals surface area (Å²) in [6.45, 7) is 8.04. The number of aromatic amines is 1. The summed E-state index contributed by atoms with van der Waals surface area (Å²) in [5, 5.41) is 22.7. The number of ether oxygens (including phenoxy) is 2. The first-order valence-electron chi connectivity index (χ1n) is 19.2. The summed E-state index contributed by atoms with van der Waals surface area (Å²) < 4.78 is 42.0. The van der Waals surface area contributed by atoms with E-state index in [2.05, 4.69) is 45.1 Å². The van der Waals surface area contributed by atoms with Crippen LogP contribution in [0.1, 0.15) is 72.7 Å². The van der Waals surface area contributed by atoms with Gasteiger partial charge in [-0.15, -0.1) is 21.5 Å². The molecule has 16 heteroatoms. The molecular formula is C45H40N8O6S2. The molecule has 1 amide bonds. The minimum absolute atomic E-state index is 0.00823. The van der Waals surface area contributed by atoms with E-state index >= 15 is 0 Å². The Kier molecular flexibility index (Phi) is 10.8. The van der Waals surface area contributed by atoms with Crippen LogP contribution in [0.2, 0.25) is 0 Å². The van der Waals surface area contributed by atoms with Crippen molar-refractivity contribution >= 4 is 55.5 Å². The van der Waals surface area contributed by atoms with Gasteiger partial charge in [0.2, 0.25) is 0 Å². The van der Waals surface area contributed by atoms with Crippen LogP contribution in [0.4, 0.5) is 5.69 Å². The van der Waals surface area contributed by atoms with Crippen molar-refractivity contribution in [3.8, 4) is 27.9 Å². The molecule has 3 N–H and O–H groups in total. The Morgan fingerprint density at radius 2 is 1.69 bits per heavy atom. The number of anilines is 1. The summed E-state index contributed by atoms with van der Waals surface area (Å²) in [5.41, 5.74) is 8.51. The Labute approximate surface area is 356 Å². The van der Waals surface area contributed by atoms with E-state index in [-0.39, 0.29) is 23.8 Å². The van der Waals surface area contributed by atoms with Gasteiger partial charge in [-0.2, -0.15) is 5.26 Å². The Bertz CT molecular complexity index is 3070. The number of nitrogens with zero attached hydrogens (tertiary/aromatic N) is 5. The normalized spacial score (nSPS) is 13.4. The van der Waals surface area contributed by atoms with E-state index in [1.165, 1.54) is 19.2 Å². The third-order valence-electron chi connectivity index (χ3n) is 10.9. The number of aryl methyl sites for hydroxylation is 3. The molecule has 0 spiro atoms. The zero-order valence-electron chi connectivity index (χ0n) is 34.1. The molecule has 0 fully saturated rings. The van der Waals surface area contributed by atoms with Crippen LogP contribution < -0.4 is 14.8 Å². The molecule has 0 aliphatic carbocycles. The maximum Gasteiger partial charge on any atom is 0.308 e. The predicted octanol–water partition coefficient (Wildman–Crippen LogP) is 7.78. The summed E-state index contributed by atoms with van der Waals surface area (Å²) in [5.74, 6) is 1.05. The number of nitriles is 1. The number of amides is 1. The SMILES string of the molecule is COC(=O)C[C@@H]1N=C(c2ccc(-c3ccc(C(=O)NCc4ccc(S(=O)(=O)Nc5ccc(C)c6c(C#N)c[nH]c56)cc4)cc3OC)cc2)c2c(sc(C)c2C)-n2c(C)nnc21. The maximum atomic E-state index is 13.3. The van der Waals surface area contributed by atoms with Gasteiger partial charge in [0, 0.05) is 45.3 Å². The van der Waals surface area contributed by atoms with Crippen LogP contribution in [-0.4, -0.2) is 60.0 Å². The van der Waals surface area contributed by atoms with E-state index in [4.69, 9.17) is 14.5 Å². The molecule has 3 aromatic heterocycles. The molecule has 7 aromatic rings. The lowest BCUT2D eigenvalue weighted by Gasteiger charge is -2.14. The van der Waals surface area contributed by atoms with Gasteiger partial charge in [-0.3, -0.25) is 23.9 Å². The van der Waals surface area contributed by atoms with Crippen LogP contribution in [0.15, 0.2) is 94.9 Å². The van der Waals surface area contributed by atoms with Crippen molar-refractivity contribution < 1.29 is 27.5 Å². The van der Waals surface area contributed by atoms with Gasteiger partial charge in [0.25, 0.3) is 15.9 Å². The number of rotatable bonds is 11. The topological polar surface area (TPSA) is 193 Å². The highest BCUT2D eigenvalue weighted by atomic mass is 32.2. The van der Waals surface area contributed by atoms with E-state index in [1.807, 2.05) is 48.7 Å². The van der Waals surface area contributed by atoms with Gasteiger partial charge < -0.3 is 19.8 Å². The number of carbonyl (C=O) groups excluding carboxylic acids is 2. The highest BCUT2D eigenvalue weighted by molar-refractivity contribution is 7.92. The van der Waals surface area contributed by atoms with Crippen LogP contribution in [0, 0.1) is 39.0 Å². The van der Waals surface area contributed by atoms with Crippen molar-refractivity contribution in [1.29, 1.82) is 5.26 Å². The van der Waals surface area contributed by atoms with Crippen LogP contribution >= 0.6 is 11.3 Å². The fourth-order valence-corrected chi connectivity index (χ4v) is 9.80. The molecule has 0 unspecified atom stereocenters. The van der Waals surface area contributed by atoms with Crippen LogP contribution in [0.3, 0.4) is 0 Å². The average Bonchev–Trinajstić information content (AvgIpc) is 3.94. The lowest BCUT2D eigenvalue weighted by molar-refractivity contribution is -0.141. The number of benzene rings is 4. The summed E-state index contributed by atoms with van der Waals surface area (Å²) in [6, 6.07) is 24.3. The molecule has 0 saturated carbocycles. The highest BCUT2D eigenvalue weighted by Crippen LogP contribution is 2.40. The number of nitrogens with one attached hydrogen (secondary N) is 3. The van der Waals surface area contributed by atoms with Crippen LogP contribution in [-0.2, 0) is 26.1 Å². The Morgan fingerprint density at radius 1 is 0.951 bits per heavy atom. The molecule has 8 rings (SSSR count). The summed E-state index contributed by atoms with van der Waals surface area (Å²) in [6.07, 6.45) is 1.56. The standard InChI is InChI=1S/C45H40N8O6S2/c1-24-7-18-35(42-39(24)32(21-46)23-47-42)52-61(56,57)33-15-8-28(9-16-33)22-48-44(55)31-14-17-34(37(19-31)58-5)29-10-12-30(13-11-29)41-40-25(2)26(3)60-45(40)53-27(4)50-51-43(53)36(49-41)20-38(54)59-6/h7-19,23,36,47,52H,20,22H2,1-6H3,(H,48,55)/t36-/m0/s1. The Balaban J connectivity index is 0.979. The second kappa shape index (κ2) is 16.2. The fourth-order valence-electron chi connectivity index (χ4n) is 7.51. The van der Waals surface area contributed by atoms with Gasteiger partial charge in [0.05, 0.1) is 48.0 Å². The molecule has 1 aliphatic heterocycles. The minimum atomic E-state index is -3.96. The second-order valence-corrected chi connectivity index (χ2v) is 17.5. The van der Waals surface area contributed by atoms with Crippen molar-refractivity contribution in [3.63, 3.8) is 0 Å². The van der Waals surface area contributed by atoms with Crippen molar-refractivity contribution in [3.05, 3.63) is 141 Å². The number of methoxy groups -OCH3 is 2. The van der Waals surface area contributed by atoms with E-state index < -0.39 is 22.0 Å². The number of fused-ring (bicyclic) bond motifs is 4. The molecule has 4 heterocycles.